The molecule has 2 N–H and O–H groups in total. The number of nitrogens with zero attached hydrogens (tertiary/aromatic N) is 2. The normalized spacial score (nSPS) is 28.8. The predicted molar refractivity (Wildman–Crippen MR) is 63.8 cm³/mol. The van der Waals surface area contributed by atoms with Gasteiger partial charge in [-0.05, 0) is 39.2 Å². The van der Waals surface area contributed by atoms with Gasteiger partial charge in [-0.3, -0.25) is 14.8 Å². The molecule has 0 spiro atoms. The smallest absolute Gasteiger partial charge is 0.323 e. The Morgan fingerprint density at radius 1 is 1.65 bits per heavy atom. The average Bonchev–Trinajstić information content (AvgIpc) is 2.84. The topological polar surface area (TPSA) is 67.2 Å². The van der Waals surface area contributed by atoms with Crippen LogP contribution in [0.1, 0.15) is 39.2 Å². The van der Waals surface area contributed by atoms with E-state index >= 15 is 0 Å². The van der Waals surface area contributed by atoms with Gasteiger partial charge < -0.3 is 5.11 Å². The van der Waals surface area contributed by atoms with E-state index in [4.69, 9.17) is 0 Å². The van der Waals surface area contributed by atoms with Gasteiger partial charge in [-0.15, -0.1) is 0 Å². The number of aliphatic carboxylic acids is 1. The Morgan fingerprint density at radius 2 is 2.41 bits per heavy atom. The van der Waals surface area contributed by atoms with Crippen molar-refractivity contribution in [3.8, 4) is 0 Å². The van der Waals surface area contributed by atoms with Gasteiger partial charge in [-0.25, -0.2) is 0 Å². The van der Waals surface area contributed by atoms with Crippen LogP contribution in [0.4, 0.5) is 0 Å². The Kier molecular flexibility index (Phi) is 3.19. The van der Waals surface area contributed by atoms with Crippen molar-refractivity contribution >= 4 is 5.97 Å². The fraction of sp³-hybridized carbons (Fsp3) is 0.667. The van der Waals surface area contributed by atoms with Crippen LogP contribution >= 0.6 is 0 Å². The highest BCUT2D eigenvalue weighted by atomic mass is 16.4. The number of hydrogen-bond donors (Lipinski definition) is 2. The maximum Gasteiger partial charge on any atom is 0.323 e. The second kappa shape index (κ2) is 4.49. The van der Waals surface area contributed by atoms with Crippen molar-refractivity contribution in [2.24, 2.45) is 0 Å². The fourth-order valence-corrected chi connectivity index (χ4v) is 2.68. The molecule has 1 saturated carbocycles. The van der Waals surface area contributed by atoms with Crippen molar-refractivity contribution in [3.05, 3.63) is 18.5 Å². The van der Waals surface area contributed by atoms with Crippen molar-refractivity contribution in [2.45, 2.75) is 50.7 Å². The molecule has 94 valence electrons. The first-order valence-electron chi connectivity index (χ1n) is 6.04. The Balaban J connectivity index is 2.14. The zero-order chi connectivity index (χ0) is 12.5. The van der Waals surface area contributed by atoms with Gasteiger partial charge in [0.05, 0.1) is 6.04 Å². The highest BCUT2D eigenvalue weighted by Crippen LogP contribution is 2.37. The lowest BCUT2D eigenvalue weighted by atomic mass is 9.96. The largest absolute Gasteiger partial charge is 0.480 e. The summed E-state index contributed by atoms with van der Waals surface area (Å²) < 4.78 is 1.87. The van der Waals surface area contributed by atoms with Gasteiger partial charge in [-0.1, -0.05) is 0 Å². The van der Waals surface area contributed by atoms with Crippen LogP contribution in [0.3, 0.4) is 0 Å². The Bertz CT molecular complexity index is 388. The second-order valence-corrected chi connectivity index (χ2v) is 5.07. The minimum atomic E-state index is -0.787. The van der Waals surface area contributed by atoms with Crippen LogP contribution in [0.25, 0.3) is 0 Å². The summed E-state index contributed by atoms with van der Waals surface area (Å²) in [5.41, 5.74) is -0.787. The Hall–Kier alpha value is -1.36. The minimum absolute atomic E-state index is 0.169. The fourth-order valence-electron chi connectivity index (χ4n) is 2.68. The van der Waals surface area contributed by atoms with E-state index in [2.05, 4.69) is 10.4 Å². The quantitative estimate of drug-likeness (QED) is 0.831. The number of hydrogen-bond acceptors (Lipinski definition) is 3. The van der Waals surface area contributed by atoms with E-state index < -0.39 is 11.5 Å². The molecule has 2 rings (SSSR count). The SMILES string of the molecule is CC(C)NC1(C(=O)O)CCC(n2cccn2)C1. The summed E-state index contributed by atoms with van der Waals surface area (Å²) in [4.78, 5) is 11.5. The number of carbonyl (C=O) groups is 1. The highest BCUT2D eigenvalue weighted by Gasteiger charge is 2.46. The van der Waals surface area contributed by atoms with Crippen LogP contribution in [-0.4, -0.2) is 32.4 Å². The number of rotatable bonds is 4. The summed E-state index contributed by atoms with van der Waals surface area (Å²) in [5, 5.41) is 16.8. The molecule has 1 aliphatic carbocycles. The maximum absolute atomic E-state index is 11.5. The third-order valence-corrected chi connectivity index (χ3v) is 3.36. The molecule has 0 amide bonds. The van der Waals surface area contributed by atoms with E-state index in [9.17, 15) is 9.90 Å². The van der Waals surface area contributed by atoms with E-state index in [0.29, 0.717) is 12.8 Å². The molecule has 2 atom stereocenters. The van der Waals surface area contributed by atoms with Crippen molar-refractivity contribution in [1.82, 2.24) is 15.1 Å². The number of carboxylic acids is 1. The molecule has 1 aliphatic rings. The van der Waals surface area contributed by atoms with Gasteiger partial charge in [0.2, 0.25) is 0 Å². The minimum Gasteiger partial charge on any atom is -0.480 e. The zero-order valence-corrected chi connectivity index (χ0v) is 10.3. The molecule has 1 aromatic rings. The van der Waals surface area contributed by atoms with Gasteiger partial charge in [0, 0.05) is 18.4 Å². The van der Waals surface area contributed by atoms with Gasteiger partial charge in [0.1, 0.15) is 5.54 Å². The van der Waals surface area contributed by atoms with Gasteiger partial charge in [0.15, 0.2) is 0 Å². The molecule has 2 unspecified atom stereocenters. The summed E-state index contributed by atoms with van der Waals surface area (Å²) in [5.74, 6) is -0.749. The van der Waals surface area contributed by atoms with Crippen molar-refractivity contribution in [1.29, 1.82) is 0 Å². The van der Waals surface area contributed by atoms with Gasteiger partial charge >= 0.3 is 5.97 Å². The predicted octanol–water partition coefficient (Wildman–Crippen LogP) is 1.43. The lowest BCUT2D eigenvalue weighted by Gasteiger charge is -2.28. The second-order valence-electron chi connectivity index (χ2n) is 5.07. The van der Waals surface area contributed by atoms with E-state index in [1.54, 1.807) is 6.20 Å². The molecule has 5 heteroatoms. The Labute approximate surface area is 101 Å². The molecule has 0 aromatic carbocycles. The van der Waals surface area contributed by atoms with E-state index in [1.807, 2.05) is 30.8 Å². The first-order valence-corrected chi connectivity index (χ1v) is 6.04. The van der Waals surface area contributed by atoms with E-state index in [-0.39, 0.29) is 12.1 Å². The molecule has 0 bridgehead atoms. The van der Waals surface area contributed by atoms with E-state index in [0.717, 1.165) is 6.42 Å². The molecule has 5 nitrogen and oxygen atoms in total. The molecule has 1 aromatic heterocycles. The van der Waals surface area contributed by atoms with Crippen LogP contribution in [0.2, 0.25) is 0 Å². The molecular weight excluding hydrogens is 218 g/mol. The number of nitrogens with one attached hydrogen (secondary N) is 1. The highest BCUT2D eigenvalue weighted by molar-refractivity contribution is 5.79. The van der Waals surface area contributed by atoms with Crippen molar-refractivity contribution in [2.75, 3.05) is 0 Å². The first kappa shape index (κ1) is 12.1. The molecule has 1 fully saturated rings. The van der Waals surface area contributed by atoms with Crippen molar-refractivity contribution < 1.29 is 9.90 Å². The Morgan fingerprint density at radius 3 is 2.94 bits per heavy atom. The summed E-state index contributed by atoms with van der Waals surface area (Å²) in [6.45, 7) is 3.96. The lowest BCUT2D eigenvalue weighted by molar-refractivity contribution is -0.145. The summed E-state index contributed by atoms with van der Waals surface area (Å²) >= 11 is 0. The van der Waals surface area contributed by atoms with E-state index in [1.165, 1.54) is 0 Å². The summed E-state index contributed by atoms with van der Waals surface area (Å²) in [6.07, 6.45) is 5.75. The van der Waals surface area contributed by atoms with Crippen molar-refractivity contribution in [3.63, 3.8) is 0 Å². The lowest BCUT2D eigenvalue weighted by Crippen LogP contribution is -2.53. The van der Waals surface area contributed by atoms with Crippen LogP contribution < -0.4 is 5.32 Å². The standard InChI is InChI=1S/C12H19N3O2/c1-9(2)14-12(11(16)17)5-4-10(8-12)15-7-3-6-13-15/h3,6-7,9-10,14H,4-5,8H2,1-2H3,(H,16,17). The molecular formula is C12H19N3O2. The van der Waals surface area contributed by atoms with Crippen LogP contribution in [-0.2, 0) is 4.79 Å². The molecule has 0 radical (unpaired) electrons. The van der Waals surface area contributed by atoms with Crippen LogP contribution in [0.5, 0.6) is 0 Å². The summed E-state index contributed by atoms with van der Waals surface area (Å²) in [6, 6.07) is 2.23. The number of carboxylic acid groups (broad SMARTS) is 1. The third kappa shape index (κ3) is 2.34. The van der Waals surface area contributed by atoms with Gasteiger partial charge in [-0.2, -0.15) is 5.10 Å². The third-order valence-electron chi connectivity index (χ3n) is 3.36. The number of aromatic nitrogens is 2. The maximum atomic E-state index is 11.5. The first-order chi connectivity index (χ1) is 8.03. The molecule has 1 heterocycles. The van der Waals surface area contributed by atoms with Crippen LogP contribution in [0.15, 0.2) is 18.5 Å². The zero-order valence-electron chi connectivity index (χ0n) is 10.3. The van der Waals surface area contributed by atoms with Crippen LogP contribution in [0, 0.1) is 0 Å². The molecule has 0 saturated heterocycles. The average molecular weight is 237 g/mol. The van der Waals surface area contributed by atoms with Gasteiger partial charge in [0.25, 0.3) is 0 Å². The monoisotopic (exact) mass is 237 g/mol. The summed E-state index contributed by atoms with van der Waals surface area (Å²) in [7, 11) is 0. The molecule has 0 aliphatic heterocycles. The molecule has 17 heavy (non-hydrogen) atoms.